The van der Waals surface area contributed by atoms with Crippen LogP contribution in [0.2, 0.25) is 0 Å². The van der Waals surface area contributed by atoms with Gasteiger partial charge >= 0.3 is 0 Å². The van der Waals surface area contributed by atoms with Crippen LogP contribution in [-0.4, -0.2) is 28.0 Å². The first-order valence-corrected chi connectivity index (χ1v) is 8.80. The average molecular weight is 292 g/mol. The van der Waals surface area contributed by atoms with Gasteiger partial charge in [-0.25, -0.2) is 0 Å². The second-order valence-corrected chi connectivity index (χ2v) is 7.68. The summed E-state index contributed by atoms with van der Waals surface area (Å²) >= 11 is 0. The number of aldehydes is 1. The van der Waals surface area contributed by atoms with Gasteiger partial charge in [-0.05, 0) is 32.1 Å². The van der Waals surface area contributed by atoms with Crippen molar-refractivity contribution in [3.05, 3.63) is 0 Å². The van der Waals surface area contributed by atoms with Crippen LogP contribution in [0.5, 0.6) is 0 Å². The molecule has 1 heterocycles. The zero-order chi connectivity index (χ0) is 15.5. The molecular formula is C15H33NO2S. The lowest BCUT2D eigenvalue weighted by atomic mass is 9.95. The molecule has 0 amide bonds. The minimum Gasteiger partial charge on any atom is -0.328 e. The molecule has 1 saturated heterocycles. The van der Waals surface area contributed by atoms with Gasteiger partial charge in [0.25, 0.3) is 0 Å². The van der Waals surface area contributed by atoms with E-state index in [1.165, 1.54) is 0 Å². The van der Waals surface area contributed by atoms with Crippen molar-refractivity contribution in [2.75, 3.05) is 11.5 Å². The minimum absolute atomic E-state index is 0.139. The highest BCUT2D eigenvalue weighted by Gasteiger charge is 2.18. The summed E-state index contributed by atoms with van der Waals surface area (Å²) in [6.45, 7) is 11.7. The van der Waals surface area contributed by atoms with Gasteiger partial charge in [0.1, 0.15) is 6.29 Å². The fraction of sp³-hybridized carbons (Fsp3) is 0.933. The maximum atomic E-state index is 11.0. The Balaban J connectivity index is 0. The van der Waals surface area contributed by atoms with E-state index in [-0.39, 0.29) is 5.41 Å². The van der Waals surface area contributed by atoms with E-state index < -0.39 is 10.8 Å². The smallest absolute Gasteiger partial charge is 0.125 e. The van der Waals surface area contributed by atoms with Gasteiger partial charge in [0.2, 0.25) is 0 Å². The van der Waals surface area contributed by atoms with Crippen LogP contribution in [0.1, 0.15) is 60.8 Å². The molecule has 0 radical (unpaired) electrons. The van der Waals surface area contributed by atoms with E-state index in [9.17, 15) is 9.00 Å². The van der Waals surface area contributed by atoms with E-state index in [2.05, 4.69) is 0 Å². The molecule has 0 aromatic heterocycles. The molecule has 0 spiro atoms. The second-order valence-electron chi connectivity index (χ2n) is 5.99. The molecule has 1 aliphatic heterocycles. The number of rotatable bonds is 2. The number of hydrogen-bond acceptors (Lipinski definition) is 3. The van der Waals surface area contributed by atoms with Crippen LogP contribution in [0.25, 0.3) is 0 Å². The maximum Gasteiger partial charge on any atom is 0.125 e. The molecule has 0 saturated carbocycles. The predicted molar refractivity (Wildman–Crippen MR) is 85.7 cm³/mol. The van der Waals surface area contributed by atoms with Gasteiger partial charge in [0, 0.05) is 33.8 Å². The van der Waals surface area contributed by atoms with Gasteiger partial charge in [-0.15, -0.1) is 0 Å². The van der Waals surface area contributed by atoms with Crippen molar-refractivity contribution >= 4 is 17.1 Å². The predicted octanol–water partition coefficient (Wildman–Crippen LogP) is 3.14. The highest BCUT2D eigenvalue weighted by atomic mass is 32.2. The standard InChI is InChI=1S/C8H17NOS.C5H10O.C2H6/c1-7(9)6-8-2-4-11(10)5-3-8;1-5(2,3)4-6;1-2/h7-8H,2-6,9H2,1H3;4H,1-3H3;1-2H3. The van der Waals surface area contributed by atoms with Crippen LogP contribution >= 0.6 is 0 Å². The lowest BCUT2D eigenvalue weighted by Crippen LogP contribution is -2.25. The van der Waals surface area contributed by atoms with Crippen molar-refractivity contribution in [3.63, 3.8) is 0 Å². The summed E-state index contributed by atoms with van der Waals surface area (Å²) in [5.41, 5.74) is 5.54. The molecule has 0 bridgehead atoms. The third kappa shape index (κ3) is 15.7. The zero-order valence-corrected chi connectivity index (χ0v) is 14.4. The Labute approximate surface area is 122 Å². The van der Waals surface area contributed by atoms with Crippen LogP contribution in [0, 0.1) is 11.3 Å². The third-order valence-corrected chi connectivity index (χ3v) is 3.95. The van der Waals surface area contributed by atoms with E-state index in [0.29, 0.717) is 6.04 Å². The van der Waals surface area contributed by atoms with E-state index in [1.807, 2.05) is 41.5 Å². The lowest BCUT2D eigenvalue weighted by molar-refractivity contribution is -0.113. The number of nitrogens with two attached hydrogens (primary N) is 1. The van der Waals surface area contributed by atoms with Crippen molar-refractivity contribution in [1.82, 2.24) is 0 Å². The topological polar surface area (TPSA) is 60.2 Å². The fourth-order valence-electron chi connectivity index (χ4n) is 1.60. The van der Waals surface area contributed by atoms with Gasteiger partial charge in [-0.1, -0.05) is 34.6 Å². The van der Waals surface area contributed by atoms with Gasteiger partial charge in [0.05, 0.1) is 0 Å². The molecule has 4 heteroatoms. The Kier molecular flexibility index (Phi) is 12.9. The number of carbonyl (C=O) groups is 1. The molecule has 0 aliphatic carbocycles. The third-order valence-electron chi connectivity index (χ3n) is 2.57. The lowest BCUT2D eigenvalue weighted by Gasteiger charge is -2.22. The first kappa shape index (κ1) is 21.1. The molecule has 116 valence electrons. The molecule has 0 aromatic carbocycles. The Morgan fingerprint density at radius 3 is 1.89 bits per heavy atom. The van der Waals surface area contributed by atoms with E-state index in [1.54, 1.807) is 0 Å². The van der Waals surface area contributed by atoms with Crippen LogP contribution in [0.15, 0.2) is 0 Å². The molecule has 1 unspecified atom stereocenters. The maximum absolute atomic E-state index is 11.0. The van der Waals surface area contributed by atoms with Gasteiger partial charge in [-0.3, -0.25) is 4.21 Å². The number of carbonyl (C=O) groups excluding carboxylic acids is 1. The summed E-state index contributed by atoms with van der Waals surface area (Å²) < 4.78 is 11.0. The second kappa shape index (κ2) is 11.6. The molecule has 1 aliphatic rings. The zero-order valence-electron chi connectivity index (χ0n) is 13.6. The Hall–Kier alpha value is -0.220. The minimum atomic E-state index is -0.517. The van der Waals surface area contributed by atoms with Crippen LogP contribution in [0.4, 0.5) is 0 Å². The van der Waals surface area contributed by atoms with Gasteiger partial charge in [0.15, 0.2) is 0 Å². The first-order valence-electron chi connectivity index (χ1n) is 7.31. The summed E-state index contributed by atoms with van der Waals surface area (Å²) in [5, 5.41) is 0. The highest BCUT2D eigenvalue weighted by Crippen LogP contribution is 2.20. The SMILES string of the molecule is CC.CC(C)(C)C=O.CC(N)CC1CCS(=O)CC1. The highest BCUT2D eigenvalue weighted by molar-refractivity contribution is 7.85. The quantitative estimate of drug-likeness (QED) is 0.795. The normalized spacial score (nSPS) is 24.2. The van der Waals surface area contributed by atoms with E-state index in [4.69, 9.17) is 5.73 Å². The molecule has 1 fully saturated rings. The Morgan fingerprint density at radius 1 is 1.26 bits per heavy atom. The summed E-state index contributed by atoms with van der Waals surface area (Å²) in [6.07, 6.45) is 4.28. The number of hydrogen-bond donors (Lipinski definition) is 1. The van der Waals surface area contributed by atoms with Crippen molar-refractivity contribution < 1.29 is 9.00 Å². The first-order chi connectivity index (χ1) is 8.74. The van der Waals surface area contributed by atoms with E-state index in [0.717, 1.165) is 43.0 Å². The van der Waals surface area contributed by atoms with Crippen LogP contribution in [-0.2, 0) is 15.6 Å². The van der Waals surface area contributed by atoms with Crippen molar-refractivity contribution in [1.29, 1.82) is 0 Å². The van der Waals surface area contributed by atoms with Crippen LogP contribution < -0.4 is 5.73 Å². The molecule has 0 aromatic rings. The molecule has 3 nitrogen and oxygen atoms in total. The monoisotopic (exact) mass is 291 g/mol. The fourth-order valence-corrected chi connectivity index (χ4v) is 3.00. The van der Waals surface area contributed by atoms with Crippen molar-refractivity contribution in [2.24, 2.45) is 17.1 Å². The summed E-state index contributed by atoms with van der Waals surface area (Å²) in [4.78, 5) is 9.83. The summed E-state index contributed by atoms with van der Waals surface area (Å²) in [7, 11) is -0.517. The summed E-state index contributed by atoms with van der Waals surface area (Å²) in [5.74, 6) is 2.54. The molecule has 2 N–H and O–H groups in total. The Bertz CT molecular complexity index is 237. The Morgan fingerprint density at radius 2 is 1.63 bits per heavy atom. The van der Waals surface area contributed by atoms with Gasteiger partial charge in [-0.2, -0.15) is 0 Å². The average Bonchev–Trinajstić information content (AvgIpc) is 2.34. The molecule has 1 atom stereocenters. The van der Waals surface area contributed by atoms with Gasteiger partial charge < -0.3 is 10.5 Å². The summed E-state index contributed by atoms with van der Waals surface area (Å²) in [6, 6.07) is 0.312. The van der Waals surface area contributed by atoms with Crippen LogP contribution in [0.3, 0.4) is 0 Å². The molecule has 1 rings (SSSR count). The molecule has 19 heavy (non-hydrogen) atoms. The van der Waals surface area contributed by atoms with Crippen molar-refractivity contribution in [3.8, 4) is 0 Å². The molecular weight excluding hydrogens is 258 g/mol. The van der Waals surface area contributed by atoms with Crippen molar-refractivity contribution in [2.45, 2.75) is 66.8 Å². The largest absolute Gasteiger partial charge is 0.328 e. The van der Waals surface area contributed by atoms with E-state index >= 15 is 0 Å².